The number of anilines is 1. The average Bonchev–Trinajstić information content (AvgIpc) is 2.89. The predicted octanol–water partition coefficient (Wildman–Crippen LogP) is 3.92. The van der Waals surface area contributed by atoms with Crippen LogP contribution in [0.15, 0.2) is 72.9 Å². The second-order valence-corrected chi connectivity index (χ2v) is 8.16. The zero-order valence-electron chi connectivity index (χ0n) is 18.7. The van der Waals surface area contributed by atoms with Gasteiger partial charge in [-0.3, -0.25) is 19.5 Å². The minimum Gasteiger partial charge on any atom is -0.492 e. The van der Waals surface area contributed by atoms with E-state index in [-0.39, 0.29) is 0 Å². The summed E-state index contributed by atoms with van der Waals surface area (Å²) in [5.41, 5.74) is 1.63. The molecule has 1 amide bonds. The number of fused-ring (bicyclic) bond motifs is 2. The van der Waals surface area contributed by atoms with E-state index >= 15 is 0 Å². The number of aromatic nitrogens is 1. The average molecular weight is 456 g/mol. The number of benzene rings is 3. The molecule has 1 saturated heterocycles. The van der Waals surface area contributed by atoms with E-state index in [1.165, 1.54) is 0 Å². The standard InChI is InChI=1S/C27H25N3O4/c31-26(27(32)29-20-17-19-5-1-4-8-24(19)28-18-20)23-9-10-25(22-7-3-2-6-21(22)23)34-16-13-30-11-14-33-15-12-30/h1-10,17-18H,11-16H2,(H,29,32). The minimum absolute atomic E-state index is 0.336. The van der Waals surface area contributed by atoms with Gasteiger partial charge in [0.1, 0.15) is 12.4 Å². The molecule has 4 aromatic rings. The second kappa shape index (κ2) is 9.99. The minimum atomic E-state index is -0.705. The summed E-state index contributed by atoms with van der Waals surface area (Å²) >= 11 is 0. The predicted molar refractivity (Wildman–Crippen MR) is 131 cm³/mol. The number of morpholine rings is 1. The lowest BCUT2D eigenvalue weighted by molar-refractivity contribution is -0.112. The molecule has 0 atom stereocenters. The molecule has 3 aromatic carbocycles. The normalized spacial score (nSPS) is 14.2. The van der Waals surface area contributed by atoms with Gasteiger partial charge < -0.3 is 14.8 Å². The van der Waals surface area contributed by atoms with Crippen molar-refractivity contribution in [3.63, 3.8) is 0 Å². The Morgan fingerprint density at radius 3 is 2.59 bits per heavy atom. The molecule has 0 aliphatic carbocycles. The lowest BCUT2D eigenvalue weighted by atomic mass is 10.00. The summed E-state index contributed by atoms with van der Waals surface area (Å²) in [5, 5.41) is 5.06. The highest BCUT2D eigenvalue weighted by Gasteiger charge is 2.20. The van der Waals surface area contributed by atoms with Gasteiger partial charge in [-0.05, 0) is 29.7 Å². The lowest BCUT2D eigenvalue weighted by Crippen LogP contribution is -2.38. The summed E-state index contributed by atoms with van der Waals surface area (Å²) in [4.78, 5) is 32.5. The van der Waals surface area contributed by atoms with Crippen LogP contribution < -0.4 is 10.1 Å². The van der Waals surface area contributed by atoms with Crippen molar-refractivity contribution in [2.45, 2.75) is 0 Å². The van der Waals surface area contributed by atoms with Crippen LogP contribution in [0.25, 0.3) is 21.7 Å². The van der Waals surface area contributed by atoms with Gasteiger partial charge in [-0.15, -0.1) is 0 Å². The number of Topliss-reactive ketones (excluding diaryl/α,β-unsaturated/α-hetero) is 1. The van der Waals surface area contributed by atoms with Crippen molar-refractivity contribution in [1.29, 1.82) is 0 Å². The van der Waals surface area contributed by atoms with E-state index in [9.17, 15) is 9.59 Å². The van der Waals surface area contributed by atoms with E-state index in [2.05, 4.69) is 15.2 Å². The van der Waals surface area contributed by atoms with Crippen molar-refractivity contribution in [3.8, 4) is 5.75 Å². The van der Waals surface area contributed by atoms with E-state index in [1.54, 1.807) is 24.4 Å². The van der Waals surface area contributed by atoms with Gasteiger partial charge in [-0.1, -0.05) is 42.5 Å². The Morgan fingerprint density at radius 1 is 0.971 bits per heavy atom. The van der Waals surface area contributed by atoms with E-state index in [0.29, 0.717) is 29.0 Å². The summed E-state index contributed by atoms with van der Waals surface area (Å²) < 4.78 is 11.4. The first-order chi connectivity index (χ1) is 16.7. The van der Waals surface area contributed by atoms with Gasteiger partial charge in [0.2, 0.25) is 0 Å². The van der Waals surface area contributed by atoms with Gasteiger partial charge in [0.25, 0.3) is 11.7 Å². The van der Waals surface area contributed by atoms with Gasteiger partial charge in [0.15, 0.2) is 0 Å². The fourth-order valence-electron chi connectivity index (χ4n) is 4.15. The number of nitrogens with one attached hydrogen (secondary N) is 1. The molecular formula is C27H25N3O4. The molecule has 1 aliphatic heterocycles. The zero-order chi connectivity index (χ0) is 23.3. The number of hydrogen-bond acceptors (Lipinski definition) is 6. The zero-order valence-corrected chi connectivity index (χ0v) is 18.7. The van der Waals surface area contributed by atoms with Crippen LogP contribution in [0.5, 0.6) is 5.75 Å². The summed E-state index contributed by atoms with van der Waals surface area (Å²) in [6, 6.07) is 20.3. The van der Waals surface area contributed by atoms with Gasteiger partial charge in [0, 0.05) is 36.0 Å². The molecule has 1 fully saturated rings. The molecular weight excluding hydrogens is 430 g/mol. The quantitative estimate of drug-likeness (QED) is 0.336. The summed E-state index contributed by atoms with van der Waals surface area (Å²) in [5.74, 6) is -0.619. The highest BCUT2D eigenvalue weighted by Crippen LogP contribution is 2.29. The first-order valence-electron chi connectivity index (χ1n) is 11.3. The van der Waals surface area contributed by atoms with Crippen molar-refractivity contribution in [2.24, 2.45) is 0 Å². The maximum absolute atomic E-state index is 13.1. The molecule has 1 aromatic heterocycles. The van der Waals surface area contributed by atoms with Crippen LogP contribution in [0.3, 0.4) is 0 Å². The molecule has 1 N–H and O–H groups in total. The molecule has 0 unspecified atom stereocenters. The molecule has 172 valence electrons. The van der Waals surface area contributed by atoms with E-state index in [1.807, 2.05) is 48.5 Å². The van der Waals surface area contributed by atoms with Gasteiger partial charge in [-0.25, -0.2) is 0 Å². The highest BCUT2D eigenvalue weighted by atomic mass is 16.5. The molecule has 1 aliphatic rings. The van der Waals surface area contributed by atoms with Gasteiger partial charge in [0.05, 0.1) is 30.6 Å². The third-order valence-corrected chi connectivity index (χ3v) is 5.95. The van der Waals surface area contributed by atoms with Crippen molar-refractivity contribution < 1.29 is 19.1 Å². The third-order valence-electron chi connectivity index (χ3n) is 5.95. The number of ether oxygens (including phenoxy) is 2. The number of carbonyl (C=O) groups is 2. The maximum Gasteiger partial charge on any atom is 0.296 e. The van der Waals surface area contributed by atoms with Crippen LogP contribution in [-0.2, 0) is 9.53 Å². The van der Waals surface area contributed by atoms with Crippen LogP contribution >= 0.6 is 0 Å². The number of pyridine rings is 1. The highest BCUT2D eigenvalue weighted by molar-refractivity contribution is 6.48. The Morgan fingerprint density at radius 2 is 1.74 bits per heavy atom. The molecule has 0 saturated carbocycles. The van der Waals surface area contributed by atoms with Crippen molar-refractivity contribution in [3.05, 3.63) is 78.5 Å². The summed E-state index contributed by atoms with van der Waals surface area (Å²) in [7, 11) is 0. The number of rotatable bonds is 7. The Hall–Kier alpha value is -3.81. The topological polar surface area (TPSA) is 80.8 Å². The van der Waals surface area contributed by atoms with Crippen molar-refractivity contribution >= 4 is 39.1 Å². The first kappa shape index (κ1) is 22.0. The van der Waals surface area contributed by atoms with Gasteiger partial charge >= 0.3 is 0 Å². The van der Waals surface area contributed by atoms with E-state index in [4.69, 9.17) is 9.47 Å². The number of para-hydroxylation sites is 1. The molecule has 2 heterocycles. The number of amides is 1. The van der Waals surface area contributed by atoms with Crippen LogP contribution in [-0.4, -0.2) is 61.0 Å². The van der Waals surface area contributed by atoms with Crippen LogP contribution in [0.4, 0.5) is 5.69 Å². The molecule has 7 heteroatoms. The van der Waals surface area contributed by atoms with Crippen molar-refractivity contribution in [2.75, 3.05) is 44.8 Å². The number of hydrogen-bond donors (Lipinski definition) is 1. The van der Waals surface area contributed by atoms with E-state index < -0.39 is 11.7 Å². The van der Waals surface area contributed by atoms with Crippen LogP contribution in [0.2, 0.25) is 0 Å². The van der Waals surface area contributed by atoms with Gasteiger partial charge in [-0.2, -0.15) is 0 Å². The molecule has 5 rings (SSSR count). The fraction of sp³-hybridized carbons (Fsp3) is 0.222. The summed E-state index contributed by atoms with van der Waals surface area (Å²) in [6.45, 7) is 4.64. The number of carbonyl (C=O) groups excluding carboxylic acids is 2. The largest absolute Gasteiger partial charge is 0.492 e. The number of nitrogens with zero attached hydrogens (tertiary/aromatic N) is 2. The maximum atomic E-state index is 13.1. The third kappa shape index (κ3) is 4.76. The smallest absolute Gasteiger partial charge is 0.296 e. The Labute approximate surface area is 197 Å². The molecule has 0 bridgehead atoms. The lowest BCUT2D eigenvalue weighted by Gasteiger charge is -2.26. The van der Waals surface area contributed by atoms with Crippen LogP contribution in [0, 0.1) is 0 Å². The van der Waals surface area contributed by atoms with Crippen LogP contribution in [0.1, 0.15) is 10.4 Å². The van der Waals surface area contributed by atoms with E-state index in [0.717, 1.165) is 49.1 Å². The Bertz CT molecular complexity index is 1350. The monoisotopic (exact) mass is 455 g/mol. The second-order valence-electron chi connectivity index (χ2n) is 8.16. The van der Waals surface area contributed by atoms with Crippen molar-refractivity contribution in [1.82, 2.24) is 9.88 Å². The fourth-order valence-corrected chi connectivity index (χ4v) is 4.15. The Kier molecular flexibility index (Phi) is 6.46. The SMILES string of the molecule is O=C(Nc1cnc2ccccc2c1)C(=O)c1ccc(OCCN2CCOCC2)c2ccccc12. The molecule has 7 nitrogen and oxygen atoms in total. The molecule has 0 radical (unpaired) electrons. The summed E-state index contributed by atoms with van der Waals surface area (Å²) in [6.07, 6.45) is 1.55. The first-order valence-corrected chi connectivity index (χ1v) is 11.3. The Balaban J connectivity index is 1.32. The molecule has 34 heavy (non-hydrogen) atoms. The molecule has 0 spiro atoms. The number of ketones is 1.